The van der Waals surface area contributed by atoms with Gasteiger partial charge in [0.2, 0.25) is 0 Å². The van der Waals surface area contributed by atoms with Gasteiger partial charge in [-0.3, -0.25) is 9.59 Å². The minimum atomic E-state index is -0.256. The maximum absolute atomic E-state index is 13.1. The minimum Gasteiger partial charge on any atom is -0.496 e. The highest BCUT2D eigenvalue weighted by Crippen LogP contribution is 2.44. The van der Waals surface area contributed by atoms with E-state index in [0.717, 1.165) is 18.3 Å². The predicted octanol–water partition coefficient (Wildman–Crippen LogP) is 5.27. The van der Waals surface area contributed by atoms with Crippen molar-refractivity contribution in [2.24, 2.45) is 0 Å². The Labute approximate surface area is 172 Å². The second-order valence-electron chi connectivity index (χ2n) is 6.79. The molecule has 3 aromatic rings. The molecule has 0 N–H and O–H groups in total. The SMILES string of the molecule is COc1cc(OC)c2c(=O)cc(-c3ccccc3Cl)oc2c1C1=C(C=O)CCC1. The number of carbonyl (C=O) groups is 1. The minimum absolute atomic E-state index is 0.256. The number of carbonyl (C=O) groups excluding carboxylic acids is 1. The molecule has 0 radical (unpaired) electrons. The van der Waals surface area contributed by atoms with E-state index in [1.165, 1.54) is 20.3 Å². The van der Waals surface area contributed by atoms with Gasteiger partial charge in [0.15, 0.2) is 11.0 Å². The topological polar surface area (TPSA) is 65.7 Å². The molecule has 0 spiro atoms. The Morgan fingerprint density at radius 3 is 2.52 bits per heavy atom. The van der Waals surface area contributed by atoms with Crippen LogP contribution in [0.2, 0.25) is 5.02 Å². The molecule has 0 aliphatic heterocycles. The third-order valence-electron chi connectivity index (χ3n) is 5.21. The Hall–Kier alpha value is -3.05. The van der Waals surface area contributed by atoms with Crippen molar-refractivity contribution in [3.63, 3.8) is 0 Å². The number of halogens is 1. The molecule has 4 rings (SSSR count). The lowest BCUT2D eigenvalue weighted by atomic mass is 9.97. The van der Waals surface area contributed by atoms with Crippen LogP contribution in [0.15, 0.2) is 51.2 Å². The van der Waals surface area contributed by atoms with Crippen LogP contribution >= 0.6 is 11.6 Å². The summed E-state index contributed by atoms with van der Waals surface area (Å²) in [6, 6.07) is 10.2. The first-order chi connectivity index (χ1) is 14.1. The van der Waals surface area contributed by atoms with Crippen LogP contribution in [-0.4, -0.2) is 20.5 Å². The van der Waals surface area contributed by atoms with Gasteiger partial charge in [-0.15, -0.1) is 0 Å². The van der Waals surface area contributed by atoms with Gasteiger partial charge in [0, 0.05) is 17.7 Å². The van der Waals surface area contributed by atoms with Gasteiger partial charge in [0.25, 0.3) is 0 Å². The van der Waals surface area contributed by atoms with Crippen LogP contribution in [-0.2, 0) is 4.79 Å². The van der Waals surface area contributed by atoms with Crippen molar-refractivity contribution in [3.8, 4) is 22.8 Å². The van der Waals surface area contributed by atoms with E-state index in [2.05, 4.69) is 0 Å². The van der Waals surface area contributed by atoms with Crippen molar-refractivity contribution in [2.75, 3.05) is 14.2 Å². The zero-order valence-corrected chi connectivity index (χ0v) is 16.8. The highest BCUT2D eigenvalue weighted by Gasteiger charge is 2.26. The van der Waals surface area contributed by atoms with E-state index in [1.54, 1.807) is 18.2 Å². The van der Waals surface area contributed by atoms with Crippen LogP contribution < -0.4 is 14.9 Å². The van der Waals surface area contributed by atoms with Crippen molar-refractivity contribution in [3.05, 3.63) is 62.8 Å². The fourth-order valence-electron chi connectivity index (χ4n) is 3.86. The Bertz CT molecular complexity index is 1210. The lowest BCUT2D eigenvalue weighted by molar-refractivity contribution is -0.104. The van der Waals surface area contributed by atoms with E-state index < -0.39 is 0 Å². The highest BCUT2D eigenvalue weighted by molar-refractivity contribution is 6.33. The zero-order valence-electron chi connectivity index (χ0n) is 16.1. The number of methoxy groups -OCH3 is 2. The molecule has 2 aromatic carbocycles. The van der Waals surface area contributed by atoms with Gasteiger partial charge in [-0.25, -0.2) is 0 Å². The van der Waals surface area contributed by atoms with E-state index in [4.69, 9.17) is 25.5 Å². The monoisotopic (exact) mass is 410 g/mol. The van der Waals surface area contributed by atoms with Gasteiger partial charge in [-0.2, -0.15) is 0 Å². The molecule has 6 heteroatoms. The van der Waals surface area contributed by atoms with E-state index in [0.29, 0.717) is 62.8 Å². The van der Waals surface area contributed by atoms with Crippen molar-refractivity contribution < 1.29 is 18.7 Å². The van der Waals surface area contributed by atoms with Gasteiger partial charge >= 0.3 is 0 Å². The average Bonchev–Trinajstić information content (AvgIpc) is 3.20. The van der Waals surface area contributed by atoms with Crippen LogP contribution in [0.5, 0.6) is 11.5 Å². The van der Waals surface area contributed by atoms with Crippen molar-refractivity contribution in [1.82, 2.24) is 0 Å². The maximum atomic E-state index is 13.1. The summed E-state index contributed by atoms with van der Waals surface area (Å²) >= 11 is 6.32. The number of aldehydes is 1. The van der Waals surface area contributed by atoms with Gasteiger partial charge in [0.1, 0.15) is 28.9 Å². The fraction of sp³-hybridized carbons (Fsp3) is 0.217. The predicted molar refractivity (Wildman–Crippen MR) is 113 cm³/mol. The first-order valence-electron chi connectivity index (χ1n) is 9.24. The molecule has 1 aliphatic rings. The Morgan fingerprint density at radius 1 is 1.07 bits per heavy atom. The summed E-state index contributed by atoms with van der Waals surface area (Å²) in [7, 11) is 3.03. The summed E-state index contributed by atoms with van der Waals surface area (Å²) in [6.07, 6.45) is 3.11. The number of rotatable bonds is 5. The molecule has 5 nitrogen and oxygen atoms in total. The third kappa shape index (κ3) is 3.21. The van der Waals surface area contributed by atoms with E-state index in [1.807, 2.05) is 12.1 Å². The lowest BCUT2D eigenvalue weighted by Gasteiger charge is -2.16. The first kappa shape index (κ1) is 19.3. The molecule has 1 heterocycles. The zero-order chi connectivity index (χ0) is 20.5. The number of benzene rings is 2. The van der Waals surface area contributed by atoms with Crippen LogP contribution in [0.1, 0.15) is 24.8 Å². The largest absolute Gasteiger partial charge is 0.496 e. The molecule has 148 valence electrons. The standard InChI is InChI=1S/C23H19ClO5/c1-27-19-11-20(28-2)22-17(26)10-18(15-7-3-4-9-16(15)24)29-23(22)21(19)14-8-5-6-13(14)12-25/h3-4,7,9-12H,5-6,8H2,1-2H3. The first-order valence-corrected chi connectivity index (χ1v) is 9.62. The molecule has 0 saturated heterocycles. The van der Waals surface area contributed by atoms with Crippen molar-refractivity contribution >= 4 is 34.4 Å². The second-order valence-corrected chi connectivity index (χ2v) is 7.20. The summed E-state index contributed by atoms with van der Waals surface area (Å²) in [5.41, 5.74) is 2.84. The number of ether oxygens (including phenoxy) is 2. The molecule has 0 unspecified atom stereocenters. The molecule has 1 aromatic heterocycles. The number of hydrogen-bond acceptors (Lipinski definition) is 5. The molecule has 0 amide bonds. The van der Waals surface area contributed by atoms with E-state index >= 15 is 0 Å². The summed E-state index contributed by atoms with van der Waals surface area (Å²) in [5, 5.41) is 0.781. The molecule has 0 bridgehead atoms. The maximum Gasteiger partial charge on any atom is 0.197 e. The molecule has 0 fully saturated rings. The summed E-state index contributed by atoms with van der Waals surface area (Å²) < 4.78 is 17.3. The normalized spacial score (nSPS) is 13.8. The van der Waals surface area contributed by atoms with Crippen LogP contribution in [0.3, 0.4) is 0 Å². The molecular formula is C23H19ClO5. The van der Waals surface area contributed by atoms with Gasteiger partial charge in [-0.1, -0.05) is 23.7 Å². The highest BCUT2D eigenvalue weighted by atomic mass is 35.5. The number of hydrogen-bond donors (Lipinski definition) is 0. The van der Waals surface area contributed by atoms with Crippen LogP contribution in [0.25, 0.3) is 27.9 Å². The van der Waals surface area contributed by atoms with Crippen molar-refractivity contribution in [2.45, 2.75) is 19.3 Å². The average molecular weight is 411 g/mol. The van der Waals surface area contributed by atoms with Gasteiger partial charge in [0.05, 0.1) is 24.8 Å². The molecular weight excluding hydrogens is 392 g/mol. The molecule has 0 saturated carbocycles. The quantitative estimate of drug-likeness (QED) is 0.536. The fourth-order valence-corrected chi connectivity index (χ4v) is 4.09. The van der Waals surface area contributed by atoms with Crippen molar-refractivity contribution in [1.29, 1.82) is 0 Å². The summed E-state index contributed by atoms with van der Waals surface area (Å²) in [6.45, 7) is 0. The van der Waals surface area contributed by atoms with Gasteiger partial charge in [-0.05, 0) is 42.5 Å². The number of fused-ring (bicyclic) bond motifs is 1. The summed E-state index contributed by atoms with van der Waals surface area (Å²) in [4.78, 5) is 24.7. The lowest BCUT2D eigenvalue weighted by Crippen LogP contribution is -2.06. The van der Waals surface area contributed by atoms with Crippen LogP contribution in [0.4, 0.5) is 0 Å². The summed E-state index contributed by atoms with van der Waals surface area (Å²) in [5.74, 6) is 1.19. The van der Waals surface area contributed by atoms with E-state index in [9.17, 15) is 9.59 Å². The molecule has 0 atom stereocenters. The molecule has 1 aliphatic carbocycles. The Kier molecular flexibility index (Phi) is 5.16. The Morgan fingerprint density at radius 2 is 1.83 bits per heavy atom. The molecule has 29 heavy (non-hydrogen) atoms. The van der Waals surface area contributed by atoms with E-state index in [-0.39, 0.29) is 5.43 Å². The Balaban J connectivity index is 2.15. The van der Waals surface area contributed by atoms with Crippen LogP contribution in [0, 0.1) is 0 Å². The smallest absolute Gasteiger partial charge is 0.197 e. The second kappa shape index (κ2) is 7.76. The van der Waals surface area contributed by atoms with Gasteiger partial charge < -0.3 is 13.9 Å². The third-order valence-corrected chi connectivity index (χ3v) is 5.54. The number of allylic oxidation sites excluding steroid dienone is 2.